The summed E-state index contributed by atoms with van der Waals surface area (Å²) in [7, 11) is 0. The fourth-order valence-electron chi connectivity index (χ4n) is 4.32. The largest absolute Gasteiger partial charge is 0.733 e. The average molecular weight is 398 g/mol. The molecule has 5 rings (SSSR count). The Labute approximate surface area is 173 Å². The van der Waals surface area contributed by atoms with E-state index in [0.717, 1.165) is 27.7 Å². The third-order valence-electron chi connectivity index (χ3n) is 5.66. The van der Waals surface area contributed by atoms with Gasteiger partial charge in [0.15, 0.2) is 0 Å². The molecule has 6 nitrogen and oxygen atoms in total. The number of anilines is 2. The summed E-state index contributed by atoms with van der Waals surface area (Å²) in [4.78, 5) is 12.6. The Kier molecular flexibility index (Phi) is 4.50. The van der Waals surface area contributed by atoms with Crippen LogP contribution < -0.4 is 10.5 Å². The predicted molar refractivity (Wildman–Crippen MR) is 117 cm³/mol. The summed E-state index contributed by atoms with van der Waals surface area (Å²) >= 11 is 0. The van der Waals surface area contributed by atoms with E-state index in [1.807, 2.05) is 36.4 Å². The van der Waals surface area contributed by atoms with Gasteiger partial charge in [0.25, 0.3) is 0 Å². The van der Waals surface area contributed by atoms with Crippen LogP contribution in [0.5, 0.6) is 0 Å². The first-order valence-corrected chi connectivity index (χ1v) is 9.82. The van der Waals surface area contributed by atoms with E-state index in [2.05, 4.69) is 34.3 Å². The lowest BCUT2D eigenvalue weighted by Crippen LogP contribution is -2.14. The molecule has 2 N–H and O–H groups in total. The number of hydrogen-bond acceptors (Lipinski definition) is 4. The molecule has 1 atom stereocenters. The van der Waals surface area contributed by atoms with Gasteiger partial charge in [-0.3, -0.25) is 10.0 Å². The van der Waals surface area contributed by atoms with Crippen LogP contribution in [0.4, 0.5) is 11.4 Å². The first-order valence-electron chi connectivity index (χ1n) is 9.82. The lowest BCUT2D eigenvalue weighted by Gasteiger charge is -2.23. The second-order valence-electron chi connectivity index (χ2n) is 7.57. The third kappa shape index (κ3) is 3.22. The summed E-state index contributed by atoms with van der Waals surface area (Å²) in [5, 5.41) is 24.6. The van der Waals surface area contributed by atoms with E-state index in [9.17, 15) is 15.2 Å². The number of nitrogens with one attached hydrogen (secondary N) is 1. The maximum atomic E-state index is 12.6. The van der Waals surface area contributed by atoms with Crippen molar-refractivity contribution in [2.24, 2.45) is 0 Å². The molecular formula is C24H20N3O3-. The Morgan fingerprint density at radius 3 is 2.67 bits per heavy atom. The number of amides is 1. The minimum atomic E-state index is -0.229. The molecule has 3 aromatic carbocycles. The van der Waals surface area contributed by atoms with Gasteiger partial charge in [0.2, 0.25) is 5.91 Å². The number of aromatic nitrogens is 1. The van der Waals surface area contributed by atoms with Gasteiger partial charge in [-0.25, -0.2) is 0 Å². The smallest absolute Gasteiger partial charge is 0.225 e. The molecular weight excluding hydrogens is 378 g/mol. The van der Waals surface area contributed by atoms with Gasteiger partial charge in [-0.2, -0.15) is 0 Å². The zero-order chi connectivity index (χ0) is 20.7. The SMILES string of the molecule is O=C1CC(c2cccc(N([O-])O)c2)c2cn(Cc3ccccc3)c3cccc(c23)N1. The Hall–Kier alpha value is -3.61. The molecule has 150 valence electrons. The number of rotatable bonds is 4. The van der Waals surface area contributed by atoms with Crippen molar-refractivity contribution >= 4 is 28.2 Å². The highest BCUT2D eigenvalue weighted by atomic mass is 16.8. The summed E-state index contributed by atoms with van der Waals surface area (Å²) in [6.45, 7) is 0.715. The van der Waals surface area contributed by atoms with Gasteiger partial charge in [-0.15, -0.1) is 0 Å². The highest BCUT2D eigenvalue weighted by molar-refractivity contribution is 6.06. The Bertz CT molecular complexity index is 1230. The van der Waals surface area contributed by atoms with Crippen molar-refractivity contribution in [3.63, 3.8) is 0 Å². The Morgan fingerprint density at radius 1 is 1.07 bits per heavy atom. The van der Waals surface area contributed by atoms with Crippen LogP contribution >= 0.6 is 0 Å². The molecule has 0 saturated carbocycles. The highest BCUT2D eigenvalue weighted by Gasteiger charge is 2.28. The van der Waals surface area contributed by atoms with Crippen LogP contribution in [0.3, 0.4) is 0 Å². The van der Waals surface area contributed by atoms with E-state index in [1.54, 1.807) is 12.1 Å². The maximum Gasteiger partial charge on any atom is 0.225 e. The van der Waals surface area contributed by atoms with Crippen molar-refractivity contribution in [3.05, 3.63) is 101 Å². The second kappa shape index (κ2) is 7.33. The standard InChI is InChI=1S/C24H20N3O3/c28-23-13-19(17-8-4-9-18(12-17)27(29)30)20-15-26(14-16-6-2-1-3-7-16)22-11-5-10-21(25-23)24(20)22/h1-12,15,19,29H,13-14H2,(H,25,28)/q-1. The van der Waals surface area contributed by atoms with Crippen LogP contribution in [0.2, 0.25) is 0 Å². The highest BCUT2D eigenvalue weighted by Crippen LogP contribution is 2.41. The lowest BCUT2D eigenvalue weighted by molar-refractivity contribution is -0.116. The zero-order valence-electron chi connectivity index (χ0n) is 16.2. The monoisotopic (exact) mass is 398 g/mol. The minimum absolute atomic E-state index is 0.0771. The number of carbonyl (C=O) groups excluding carboxylic acids is 1. The molecule has 0 saturated heterocycles. The van der Waals surface area contributed by atoms with Gasteiger partial charge in [-0.1, -0.05) is 48.5 Å². The van der Waals surface area contributed by atoms with E-state index < -0.39 is 0 Å². The van der Waals surface area contributed by atoms with Gasteiger partial charge in [0.1, 0.15) is 0 Å². The van der Waals surface area contributed by atoms with Crippen LogP contribution in [0.25, 0.3) is 10.9 Å². The van der Waals surface area contributed by atoms with Gasteiger partial charge in [0.05, 0.1) is 16.9 Å². The average Bonchev–Trinajstić information content (AvgIpc) is 3.04. The summed E-state index contributed by atoms with van der Waals surface area (Å²) in [6, 6.07) is 22.9. The number of carbonyl (C=O) groups is 1. The van der Waals surface area contributed by atoms with Crippen LogP contribution in [-0.4, -0.2) is 15.7 Å². The van der Waals surface area contributed by atoms with Crippen molar-refractivity contribution in [1.29, 1.82) is 0 Å². The van der Waals surface area contributed by atoms with E-state index >= 15 is 0 Å². The van der Waals surface area contributed by atoms with Crippen LogP contribution in [-0.2, 0) is 11.3 Å². The van der Waals surface area contributed by atoms with Crippen LogP contribution in [0, 0.1) is 5.21 Å². The number of nitrogens with zero attached hydrogens (tertiary/aromatic N) is 2. The summed E-state index contributed by atoms with van der Waals surface area (Å²) in [6.07, 6.45) is 2.36. The number of hydrogen-bond donors (Lipinski definition) is 2. The summed E-state index contributed by atoms with van der Waals surface area (Å²) in [5.74, 6) is -0.306. The lowest BCUT2D eigenvalue weighted by atomic mass is 9.88. The maximum absolute atomic E-state index is 12.6. The van der Waals surface area contributed by atoms with Crippen LogP contribution in [0.15, 0.2) is 79.0 Å². The second-order valence-corrected chi connectivity index (χ2v) is 7.57. The predicted octanol–water partition coefficient (Wildman–Crippen LogP) is 4.86. The van der Waals surface area contributed by atoms with Crippen molar-refractivity contribution in [1.82, 2.24) is 4.57 Å². The van der Waals surface area contributed by atoms with E-state index in [4.69, 9.17) is 0 Å². The van der Waals surface area contributed by atoms with E-state index in [1.165, 1.54) is 11.6 Å². The van der Waals surface area contributed by atoms with Crippen molar-refractivity contribution < 1.29 is 10.0 Å². The zero-order valence-corrected chi connectivity index (χ0v) is 16.2. The van der Waals surface area contributed by atoms with Gasteiger partial charge in [-0.05, 0) is 41.0 Å². The molecule has 0 fully saturated rings. The van der Waals surface area contributed by atoms with E-state index in [0.29, 0.717) is 6.54 Å². The quantitative estimate of drug-likeness (QED) is 0.481. The minimum Gasteiger partial charge on any atom is -0.733 e. The first-order chi connectivity index (χ1) is 14.6. The van der Waals surface area contributed by atoms with Gasteiger partial charge in [0, 0.05) is 30.5 Å². The van der Waals surface area contributed by atoms with E-state index in [-0.39, 0.29) is 29.2 Å². The fraction of sp³-hybridized carbons (Fsp3) is 0.125. The third-order valence-corrected chi connectivity index (χ3v) is 5.66. The van der Waals surface area contributed by atoms with Crippen molar-refractivity contribution in [2.45, 2.75) is 18.9 Å². The van der Waals surface area contributed by atoms with Gasteiger partial charge >= 0.3 is 0 Å². The molecule has 1 aliphatic rings. The summed E-state index contributed by atoms with van der Waals surface area (Å²) < 4.78 is 2.20. The summed E-state index contributed by atoms with van der Waals surface area (Å²) in [5.41, 5.74) is 5.02. The molecule has 0 spiro atoms. The molecule has 0 radical (unpaired) electrons. The molecule has 0 aliphatic carbocycles. The van der Waals surface area contributed by atoms with Crippen molar-refractivity contribution in [3.8, 4) is 0 Å². The van der Waals surface area contributed by atoms with Crippen molar-refractivity contribution in [2.75, 3.05) is 10.5 Å². The molecule has 1 unspecified atom stereocenters. The molecule has 30 heavy (non-hydrogen) atoms. The normalized spacial score (nSPS) is 15.7. The molecule has 2 heterocycles. The molecule has 1 aliphatic heterocycles. The first kappa shape index (κ1) is 18.4. The van der Waals surface area contributed by atoms with Crippen LogP contribution in [0.1, 0.15) is 29.0 Å². The molecule has 6 heteroatoms. The number of benzene rings is 3. The fourth-order valence-corrected chi connectivity index (χ4v) is 4.32. The molecule has 4 aromatic rings. The molecule has 1 amide bonds. The van der Waals surface area contributed by atoms with Gasteiger partial charge < -0.3 is 20.3 Å². The topological polar surface area (TPSA) is 80.6 Å². The molecule has 1 aromatic heterocycles. The molecule has 0 bridgehead atoms. The Morgan fingerprint density at radius 2 is 1.87 bits per heavy atom. The Balaban J connectivity index is 1.68.